The van der Waals surface area contributed by atoms with Gasteiger partial charge in [0.25, 0.3) is 0 Å². The van der Waals surface area contributed by atoms with Gasteiger partial charge in [0, 0.05) is 12.5 Å². The van der Waals surface area contributed by atoms with Gasteiger partial charge in [-0.25, -0.2) is 0 Å². The summed E-state index contributed by atoms with van der Waals surface area (Å²) in [6, 6.07) is 0. The van der Waals surface area contributed by atoms with Crippen molar-refractivity contribution in [2.45, 2.75) is 27.7 Å². The van der Waals surface area contributed by atoms with Gasteiger partial charge in [-0.1, -0.05) is 25.5 Å². The van der Waals surface area contributed by atoms with E-state index in [1.165, 1.54) is 5.57 Å². The van der Waals surface area contributed by atoms with Gasteiger partial charge >= 0.3 is 0 Å². The van der Waals surface area contributed by atoms with Gasteiger partial charge in [-0.2, -0.15) is 0 Å². The van der Waals surface area contributed by atoms with Crippen molar-refractivity contribution in [1.82, 2.24) is 0 Å². The fraction of sp³-hybridized carbons (Fsp3) is 0.778. The first-order valence-corrected chi connectivity index (χ1v) is 3.87. The van der Waals surface area contributed by atoms with E-state index in [9.17, 15) is 0 Å². The molecule has 10 heavy (non-hydrogen) atoms. The molecule has 0 amide bonds. The first kappa shape index (κ1) is 9.70. The van der Waals surface area contributed by atoms with E-state index < -0.39 is 0 Å². The second-order valence-electron chi connectivity index (χ2n) is 3.07. The smallest absolute Gasteiger partial charge is 0.0498 e. The lowest BCUT2D eigenvalue weighted by molar-refractivity contribution is 0.213. The van der Waals surface area contributed by atoms with Crippen LogP contribution in [0.3, 0.4) is 0 Å². The van der Waals surface area contributed by atoms with Crippen LogP contribution in [0.15, 0.2) is 11.6 Å². The summed E-state index contributed by atoms with van der Waals surface area (Å²) in [5, 5.41) is 8.96. The third-order valence-corrected chi connectivity index (χ3v) is 2.04. The second kappa shape index (κ2) is 4.51. The molecule has 1 N–H and O–H groups in total. The Morgan fingerprint density at radius 2 is 2.00 bits per heavy atom. The third kappa shape index (κ3) is 2.53. The number of rotatable bonds is 3. The highest BCUT2D eigenvalue weighted by Crippen LogP contribution is 2.18. The molecule has 0 rings (SSSR count). The quantitative estimate of drug-likeness (QED) is 0.599. The summed E-state index contributed by atoms with van der Waals surface area (Å²) in [6.07, 6.45) is 2.07. The molecule has 0 bridgehead atoms. The number of aliphatic hydroxyl groups excluding tert-OH is 1. The maximum atomic E-state index is 8.96. The molecule has 1 heteroatoms. The number of aliphatic hydroxyl groups is 1. The zero-order valence-corrected chi connectivity index (χ0v) is 7.39. The predicted octanol–water partition coefficient (Wildman–Crippen LogP) is 2.22. The van der Waals surface area contributed by atoms with Crippen molar-refractivity contribution in [2.24, 2.45) is 11.8 Å². The molecule has 0 aliphatic carbocycles. The van der Waals surface area contributed by atoms with E-state index in [0.717, 1.165) is 0 Å². The Labute approximate surface area is 63.8 Å². The van der Waals surface area contributed by atoms with Gasteiger partial charge in [-0.15, -0.1) is 0 Å². The van der Waals surface area contributed by atoms with Crippen LogP contribution in [0.5, 0.6) is 0 Å². The van der Waals surface area contributed by atoms with Gasteiger partial charge in [0.15, 0.2) is 0 Å². The van der Waals surface area contributed by atoms with Gasteiger partial charge in [-0.05, 0) is 19.8 Å². The fourth-order valence-corrected chi connectivity index (χ4v) is 1.09. The average molecular weight is 142 g/mol. The Morgan fingerprint density at radius 1 is 1.50 bits per heavy atom. The highest BCUT2D eigenvalue weighted by Gasteiger charge is 2.12. The molecule has 0 aromatic heterocycles. The van der Waals surface area contributed by atoms with Crippen molar-refractivity contribution in [3.05, 3.63) is 11.6 Å². The molecule has 1 nitrogen and oxygen atoms in total. The minimum atomic E-state index is 0.272. The van der Waals surface area contributed by atoms with E-state index in [0.29, 0.717) is 11.8 Å². The van der Waals surface area contributed by atoms with Gasteiger partial charge in [0.2, 0.25) is 0 Å². The Morgan fingerprint density at radius 3 is 2.10 bits per heavy atom. The third-order valence-electron chi connectivity index (χ3n) is 2.04. The van der Waals surface area contributed by atoms with Crippen molar-refractivity contribution in [3.63, 3.8) is 0 Å². The molecular formula is C9H18O. The Kier molecular flexibility index (Phi) is 4.37. The summed E-state index contributed by atoms with van der Waals surface area (Å²) >= 11 is 0. The van der Waals surface area contributed by atoms with Gasteiger partial charge in [-0.3, -0.25) is 0 Å². The van der Waals surface area contributed by atoms with E-state index in [1.807, 2.05) is 6.92 Å². The zero-order valence-electron chi connectivity index (χ0n) is 7.39. The monoisotopic (exact) mass is 142 g/mol. The molecular weight excluding hydrogens is 124 g/mol. The molecule has 1 atom stereocenters. The number of hydrogen-bond donors (Lipinski definition) is 1. The maximum Gasteiger partial charge on any atom is 0.0498 e. The topological polar surface area (TPSA) is 20.2 Å². The van der Waals surface area contributed by atoms with Crippen molar-refractivity contribution in [3.8, 4) is 0 Å². The summed E-state index contributed by atoms with van der Waals surface area (Å²) in [4.78, 5) is 0. The zero-order chi connectivity index (χ0) is 8.15. The molecule has 0 radical (unpaired) electrons. The van der Waals surface area contributed by atoms with Crippen LogP contribution in [0.2, 0.25) is 0 Å². The molecule has 0 spiro atoms. The summed E-state index contributed by atoms with van der Waals surface area (Å²) < 4.78 is 0. The van der Waals surface area contributed by atoms with E-state index in [2.05, 4.69) is 26.8 Å². The van der Waals surface area contributed by atoms with Crippen molar-refractivity contribution < 1.29 is 5.11 Å². The van der Waals surface area contributed by atoms with Crippen LogP contribution in [0, 0.1) is 11.8 Å². The van der Waals surface area contributed by atoms with Crippen molar-refractivity contribution in [1.29, 1.82) is 0 Å². The minimum absolute atomic E-state index is 0.272. The molecule has 0 fully saturated rings. The van der Waals surface area contributed by atoms with Crippen LogP contribution in [0.25, 0.3) is 0 Å². The van der Waals surface area contributed by atoms with E-state index in [1.54, 1.807) is 0 Å². The van der Waals surface area contributed by atoms with Crippen LogP contribution in [0.1, 0.15) is 27.7 Å². The average Bonchev–Trinajstić information content (AvgIpc) is 1.88. The minimum Gasteiger partial charge on any atom is -0.396 e. The summed E-state index contributed by atoms with van der Waals surface area (Å²) in [5.74, 6) is 0.895. The molecule has 0 saturated heterocycles. The Bertz CT molecular complexity index is 114. The fourth-order valence-electron chi connectivity index (χ4n) is 1.09. The molecule has 0 aromatic rings. The Balaban J connectivity index is 4.07. The van der Waals surface area contributed by atoms with Gasteiger partial charge in [0.1, 0.15) is 0 Å². The van der Waals surface area contributed by atoms with E-state index in [4.69, 9.17) is 5.11 Å². The molecule has 60 valence electrons. The SMILES string of the molecule is C/C=C(/C)[C@@H](CO)C(C)C. The van der Waals surface area contributed by atoms with Crippen LogP contribution >= 0.6 is 0 Å². The summed E-state index contributed by atoms with van der Waals surface area (Å²) in [6.45, 7) is 8.62. The Hall–Kier alpha value is -0.300. The van der Waals surface area contributed by atoms with Crippen molar-refractivity contribution >= 4 is 0 Å². The molecule has 0 heterocycles. The van der Waals surface area contributed by atoms with E-state index in [-0.39, 0.29) is 6.61 Å². The standard InChI is InChI=1S/C9H18O/c1-5-8(4)9(6-10)7(2)3/h5,7,9-10H,6H2,1-4H3/b8-5-/t9-/m0/s1. The molecule has 0 saturated carbocycles. The second-order valence-corrected chi connectivity index (χ2v) is 3.07. The molecule has 0 aliphatic rings. The summed E-state index contributed by atoms with van der Waals surface area (Å²) in [7, 11) is 0. The highest BCUT2D eigenvalue weighted by molar-refractivity contribution is 5.02. The summed E-state index contributed by atoms with van der Waals surface area (Å²) in [5.41, 5.74) is 1.29. The van der Waals surface area contributed by atoms with Gasteiger partial charge < -0.3 is 5.11 Å². The lowest BCUT2D eigenvalue weighted by Crippen LogP contribution is -2.14. The number of hydrogen-bond acceptors (Lipinski definition) is 1. The normalized spacial score (nSPS) is 16.0. The molecule has 0 aliphatic heterocycles. The largest absolute Gasteiger partial charge is 0.396 e. The maximum absolute atomic E-state index is 8.96. The first-order chi connectivity index (χ1) is 4.63. The van der Waals surface area contributed by atoms with Crippen molar-refractivity contribution in [2.75, 3.05) is 6.61 Å². The lowest BCUT2D eigenvalue weighted by Gasteiger charge is -2.18. The number of allylic oxidation sites excluding steroid dienone is 1. The van der Waals surface area contributed by atoms with Gasteiger partial charge in [0.05, 0.1) is 0 Å². The molecule has 0 aromatic carbocycles. The van der Waals surface area contributed by atoms with Crippen LogP contribution in [-0.4, -0.2) is 11.7 Å². The first-order valence-electron chi connectivity index (χ1n) is 3.87. The van der Waals surface area contributed by atoms with E-state index >= 15 is 0 Å². The van der Waals surface area contributed by atoms with Crippen LogP contribution in [-0.2, 0) is 0 Å². The highest BCUT2D eigenvalue weighted by atomic mass is 16.3. The van der Waals surface area contributed by atoms with Crippen LogP contribution < -0.4 is 0 Å². The van der Waals surface area contributed by atoms with Crippen LogP contribution in [0.4, 0.5) is 0 Å². The molecule has 0 unspecified atom stereocenters. The predicted molar refractivity (Wildman–Crippen MR) is 44.8 cm³/mol. The lowest BCUT2D eigenvalue weighted by atomic mass is 9.90.